The van der Waals surface area contributed by atoms with Crippen molar-refractivity contribution in [2.75, 3.05) is 45.8 Å². The van der Waals surface area contributed by atoms with Crippen molar-refractivity contribution in [1.29, 1.82) is 0 Å². The van der Waals surface area contributed by atoms with E-state index in [-0.39, 0.29) is 36.1 Å². The standard InChI is InChI=1S/C40H56ClN3O11/c1-24-11-10-12-31(52-6)40(50)23-30(53-38(49)42-40)25(2)36-39(3,55-36)32(22-33(45)43(4)28-20-26(19-24)21-29(51-5)35(28)41)54-34(46)13-8-7-9-16-44-17-14-27(15-18-44)37(47)48/h10-12,20-21,25,27,30-32,36,50H,7-9,13-19,22-23H2,1-6H3,(H,42,49)(H,47,48)/b12-10+,24-11+/t25-,30+,31-,32+,36+,39+,40+/m1/s1. The Bertz CT molecular complexity index is 1650. The van der Waals surface area contributed by atoms with E-state index in [1.54, 1.807) is 26.1 Å². The first-order chi connectivity index (χ1) is 26.1. The second kappa shape index (κ2) is 18.1. The summed E-state index contributed by atoms with van der Waals surface area (Å²) in [5.74, 6) is -1.92. The SMILES string of the molecule is COc1cc2cc(c1Cl)N(C)C(=O)C[C@H](OC(=O)CCCCCN1CCC(C(=O)O)CC1)[C@]1(C)O[C@H]1[C@H](C)[C@@H]1C[C@@](O)(NC(=O)O1)[C@H](OC)/C=C/C=C(\C)C2. The number of likely N-dealkylation sites (tertiary alicyclic amines) is 1. The average molecular weight is 790 g/mol. The Hall–Kier alpha value is -3.69. The lowest BCUT2D eigenvalue weighted by Gasteiger charge is -2.42. The highest BCUT2D eigenvalue weighted by Gasteiger charge is 2.64. The number of epoxide rings is 1. The minimum atomic E-state index is -1.80. The van der Waals surface area contributed by atoms with Crippen LogP contribution < -0.4 is 15.0 Å². The molecule has 3 fully saturated rings. The molecular formula is C40H56ClN3O11. The molecule has 0 saturated carbocycles. The van der Waals surface area contributed by atoms with E-state index in [9.17, 15) is 29.4 Å². The number of hydrogen-bond acceptors (Lipinski definition) is 11. The maximum atomic E-state index is 14.1. The Morgan fingerprint density at radius 1 is 1.13 bits per heavy atom. The normalized spacial score (nSPS) is 32.3. The highest BCUT2D eigenvalue weighted by Crippen LogP contribution is 2.49. The number of aliphatic hydroxyl groups is 1. The number of anilines is 1. The van der Waals surface area contributed by atoms with Gasteiger partial charge in [-0.3, -0.25) is 19.7 Å². The quantitative estimate of drug-likeness (QED) is 0.164. The summed E-state index contributed by atoms with van der Waals surface area (Å²) in [6.45, 7) is 7.88. The molecule has 2 amide bonds. The summed E-state index contributed by atoms with van der Waals surface area (Å²) in [4.78, 5) is 55.3. The van der Waals surface area contributed by atoms with Crippen molar-refractivity contribution in [3.05, 3.63) is 46.5 Å². The number of carboxylic acid groups (broad SMARTS) is 1. The zero-order valence-electron chi connectivity index (χ0n) is 32.7. The number of piperidine rings is 1. The fourth-order valence-corrected chi connectivity index (χ4v) is 8.32. The molecule has 4 heterocycles. The van der Waals surface area contributed by atoms with Crippen LogP contribution in [0, 0.1) is 11.8 Å². The number of ether oxygens (including phenoxy) is 5. The highest BCUT2D eigenvalue weighted by molar-refractivity contribution is 6.35. The van der Waals surface area contributed by atoms with Gasteiger partial charge in [0, 0.05) is 32.9 Å². The first-order valence-electron chi connectivity index (χ1n) is 19.1. The van der Waals surface area contributed by atoms with Gasteiger partial charge in [-0.25, -0.2) is 4.79 Å². The largest absolute Gasteiger partial charge is 0.495 e. The van der Waals surface area contributed by atoms with Crippen molar-refractivity contribution >= 4 is 41.2 Å². The Balaban J connectivity index is 1.36. The van der Waals surface area contributed by atoms with Crippen LogP contribution in [0.5, 0.6) is 5.75 Å². The van der Waals surface area contributed by atoms with Crippen molar-refractivity contribution in [2.45, 2.75) is 114 Å². The van der Waals surface area contributed by atoms with E-state index in [0.29, 0.717) is 37.1 Å². The third-order valence-corrected chi connectivity index (χ3v) is 11.9. The topological polar surface area (TPSA) is 177 Å². The Labute approximate surface area is 328 Å². The van der Waals surface area contributed by atoms with E-state index in [1.165, 1.54) is 19.1 Å². The number of esters is 1. The van der Waals surface area contributed by atoms with Crippen LogP contribution in [0.4, 0.5) is 10.5 Å². The molecule has 0 unspecified atom stereocenters. The van der Waals surface area contributed by atoms with Crippen LogP contribution in [-0.2, 0) is 39.8 Å². The van der Waals surface area contributed by atoms with Crippen LogP contribution in [0.2, 0.25) is 5.02 Å². The summed E-state index contributed by atoms with van der Waals surface area (Å²) in [5.41, 5.74) is -0.707. The number of benzene rings is 1. The Kier molecular flexibility index (Phi) is 13.9. The van der Waals surface area contributed by atoms with E-state index in [1.807, 2.05) is 32.1 Å². The third kappa shape index (κ3) is 10.2. The first-order valence-corrected chi connectivity index (χ1v) is 19.5. The monoisotopic (exact) mass is 789 g/mol. The van der Waals surface area contributed by atoms with Gasteiger partial charge in [0.2, 0.25) is 5.91 Å². The number of amides is 2. The van der Waals surface area contributed by atoms with E-state index in [4.69, 9.17) is 35.3 Å². The van der Waals surface area contributed by atoms with Gasteiger partial charge in [-0.15, -0.1) is 0 Å². The number of rotatable bonds is 10. The maximum Gasteiger partial charge on any atom is 0.409 e. The number of nitrogens with zero attached hydrogens (tertiary/aromatic N) is 2. The minimum absolute atomic E-state index is 0.0186. The lowest BCUT2D eigenvalue weighted by Crippen LogP contribution is -2.63. The van der Waals surface area contributed by atoms with Gasteiger partial charge in [-0.1, -0.05) is 48.7 Å². The van der Waals surface area contributed by atoms with Crippen LogP contribution in [-0.4, -0.2) is 116 Å². The van der Waals surface area contributed by atoms with Crippen LogP contribution in [0.1, 0.15) is 77.7 Å². The van der Waals surface area contributed by atoms with Gasteiger partial charge in [0.1, 0.15) is 34.7 Å². The van der Waals surface area contributed by atoms with E-state index < -0.39 is 59.7 Å². The predicted octanol–water partition coefficient (Wildman–Crippen LogP) is 5.02. The number of unbranched alkanes of at least 4 members (excludes halogenated alkanes) is 2. The number of halogens is 1. The predicted molar refractivity (Wildman–Crippen MR) is 204 cm³/mol. The molecule has 4 bridgehead atoms. The average Bonchev–Trinajstić information content (AvgIpc) is 3.84. The molecule has 4 aliphatic rings. The molecule has 304 valence electrons. The molecule has 5 rings (SSSR count). The summed E-state index contributed by atoms with van der Waals surface area (Å²) < 4.78 is 29.3. The summed E-state index contributed by atoms with van der Waals surface area (Å²) >= 11 is 6.77. The zero-order chi connectivity index (χ0) is 40.1. The van der Waals surface area contributed by atoms with Crippen LogP contribution in [0.15, 0.2) is 35.9 Å². The number of nitrogens with one attached hydrogen (secondary N) is 1. The van der Waals surface area contributed by atoms with Gasteiger partial charge in [0.15, 0.2) is 5.72 Å². The van der Waals surface area contributed by atoms with Crippen molar-refractivity contribution in [3.8, 4) is 5.75 Å². The molecule has 1 aromatic rings. The number of carbonyl (C=O) groups excluding carboxylic acids is 3. The second-order valence-corrected chi connectivity index (χ2v) is 15.9. The molecule has 0 spiro atoms. The van der Waals surface area contributed by atoms with Gasteiger partial charge in [-0.2, -0.15) is 0 Å². The summed E-state index contributed by atoms with van der Waals surface area (Å²) in [5, 5.41) is 23.8. The zero-order valence-corrected chi connectivity index (χ0v) is 33.4. The number of allylic oxidation sites excluding steroid dienone is 3. The highest BCUT2D eigenvalue weighted by atomic mass is 35.5. The van der Waals surface area contributed by atoms with Crippen molar-refractivity contribution in [2.24, 2.45) is 11.8 Å². The molecule has 0 radical (unpaired) electrons. The molecule has 55 heavy (non-hydrogen) atoms. The van der Waals surface area contributed by atoms with Crippen LogP contribution in [0.3, 0.4) is 0 Å². The van der Waals surface area contributed by atoms with Gasteiger partial charge in [0.05, 0.1) is 31.2 Å². The van der Waals surface area contributed by atoms with Gasteiger partial charge < -0.3 is 43.7 Å². The van der Waals surface area contributed by atoms with Crippen molar-refractivity contribution in [1.82, 2.24) is 10.2 Å². The van der Waals surface area contributed by atoms with Crippen molar-refractivity contribution < 1.29 is 53.1 Å². The second-order valence-electron chi connectivity index (χ2n) is 15.5. The van der Waals surface area contributed by atoms with E-state index >= 15 is 0 Å². The Morgan fingerprint density at radius 3 is 2.53 bits per heavy atom. The molecule has 0 aliphatic carbocycles. The molecule has 0 aromatic heterocycles. The number of fused-ring (bicyclic) bond motifs is 5. The number of carboxylic acids is 1. The smallest absolute Gasteiger partial charge is 0.409 e. The number of carbonyl (C=O) groups is 4. The molecule has 3 saturated heterocycles. The molecular weight excluding hydrogens is 734 g/mol. The molecule has 15 heteroatoms. The number of alkyl carbamates (subject to hydrolysis) is 1. The number of hydrogen-bond donors (Lipinski definition) is 3. The summed E-state index contributed by atoms with van der Waals surface area (Å²) in [7, 11) is 4.56. The molecule has 7 atom stereocenters. The molecule has 1 aromatic carbocycles. The van der Waals surface area contributed by atoms with E-state index in [0.717, 1.165) is 43.6 Å². The fraction of sp³-hybridized carbons (Fsp3) is 0.650. The van der Waals surface area contributed by atoms with Crippen LogP contribution in [0.25, 0.3) is 0 Å². The Morgan fingerprint density at radius 2 is 1.85 bits per heavy atom. The van der Waals surface area contributed by atoms with Gasteiger partial charge >= 0.3 is 18.0 Å². The van der Waals surface area contributed by atoms with Gasteiger partial charge in [0.25, 0.3) is 0 Å². The van der Waals surface area contributed by atoms with Gasteiger partial charge in [-0.05, 0) is 83.3 Å². The summed E-state index contributed by atoms with van der Waals surface area (Å²) in [6, 6.07) is 3.63. The molecule has 3 N–H and O–H groups in total. The number of methoxy groups -OCH3 is 2. The first kappa shape index (κ1) is 42.5. The third-order valence-electron chi connectivity index (χ3n) is 11.5. The lowest BCUT2D eigenvalue weighted by molar-refractivity contribution is -0.154. The lowest BCUT2D eigenvalue weighted by atomic mass is 9.83. The van der Waals surface area contributed by atoms with Crippen LogP contribution >= 0.6 is 11.6 Å². The fourth-order valence-electron chi connectivity index (χ4n) is 8.01. The molecule has 4 aliphatic heterocycles. The minimum Gasteiger partial charge on any atom is -0.495 e. The number of aliphatic carboxylic acids is 1. The maximum absolute atomic E-state index is 14.1. The summed E-state index contributed by atoms with van der Waals surface area (Å²) in [6.07, 6.45) is 5.07. The van der Waals surface area contributed by atoms with E-state index in [2.05, 4.69) is 10.2 Å². The molecule has 14 nitrogen and oxygen atoms in total. The van der Waals surface area contributed by atoms with Crippen molar-refractivity contribution in [3.63, 3.8) is 0 Å².